The summed E-state index contributed by atoms with van der Waals surface area (Å²) in [6.07, 6.45) is 2.35. The van der Waals surface area contributed by atoms with Gasteiger partial charge in [-0.1, -0.05) is 26.0 Å². The zero-order valence-electron chi connectivity index (χ0n) is 6.48. The van der Waals surface area contributed by atoms with Crippen molar-refractivity contribution < 1.29 is 0 Å². The van der Waals surface area contributed by atoms with Crippen molar-refractivity contribution in [3.05, 3.63) is 12.2 Å². The van der Waals surface area contributed by atoms with Crippen LogP contribution in [0.4, 0.5) is 0 Å². The Morgan fingerprint density at radius 1 is 1.44 bits per heavy atom. The molecule has 0 aromatic heterocycles. The summed E-state index contributed by atoms with van der Waals surface area (Å²) >= 11 is 0. The summed E-state index contributed by atoms with van der Waals surface area (Å²) in [4.78, 5) is 0. The lowest BCUT2D eigenvalue weighted by molar-refractivity contribution is 0.565. The third-order valence-electron chi connectivity index (χ3n) is 1.83. The molecule has 0 amide bonds. The molecule has 0 aliphatic carbocycles. The third-order valence-corrected chi connectivity index (χ3v) is 1.83. The van der Waals surface area contributed by atoms with Gasteiger partial charge in [-0.2, -0.15) is 0 Å². The average molecular weight is 127 g/mol. The van der Waals surface area contributed by atoms with E-state index in [0.717, 1.165) is 0 Å². The number of hydrogen-bond donors (Lipinski definition) is 1. The van der Waals surface area contributed by atoms with Crippen LogP contribution in [-0.4, -0.2) is 6.54 Å². The van der Waals surface area contributed by atoms with Gasteiger partial charge in [0.1, 0.15) is 0 Å². The number of rotatable bonds is 4. The van der Waals surface area contributed by atoms with Gasteiger partial charge < -0.3 is 5.73 Å². The van der Waals surface area contributed by atoms with Crippen LogP contribution in [0.1, 0.15) is 26.7 Å². The van der Waals surface area contributed by atoms with Gasteiger partial charge in [-0.05, 0) is 18.8 Å². The van der Waals surface area contributed by atoms with Crippen molar-refractivity contribution in [1.82, 2.24) is 0 Å². The average Bonchev–Trinajstić information content (AvgIpc) is 1.90. The Kier molecular flexibility index (Phi) is 4.41. The molecule has 54 valence electrons. The first kappa shape index (κ1) is 8.70. The molecule has 0 spiro atoms. The highest BCUT2D eigenvalue weighted by Crippen LogP contribution is 2.15. The molecule has 1 nitrogen and oxygen atoms in total. The Morgan fingerprint density at radius 2 is 1.89 bits per heavy atom. The van der Waals surface area contributed by atoms with Crippen LogP contribution in [0.15, 0.2) is 12.2 Å². The van der Waals surface area contributed by atoms with Gasteiger partial charge in [-0.15, -0.1) is 0 Å². The second-order valence-corrected chi connectivity index (χ2v) is 2.38. The molecule has 0 aliphatic heterocycles. The predicted octanol–water partition coefficient (Wildman–Crippen LogP) is 1.94. The summed E-state index contributed by atoms with van der Waals surface area (Å²) in [5, 5.41) is 0. The molecule has 1 heteroatoms. The molecule has 0 aromatic carbocycles. The summed E-state index contributed by atoms with van der Waals surface area (Å²) in [6, 6.07) is 0. The minimum atomic E-state index is 0.645. The van der Waals surface area contributed by atoms with Gasteiger partial charge in [-0.25, -0.2) is 0 Å². The Labute approximate surface area is 57.9 Å². The summed E-state index contributed by atoms with van der Waals surface area (Å²) in [7, 11) is 0. The van der Waals surface area contributed by atoms with E-state index in [1.165, 1.54) is 18.4 Å². The molecule has 0 bridgehead atoms. The van der Waals surface area contributed by atoms with Crippen LogP contribution in [0.5, 0.6) is 0 Å². The molecule has 0 radical (unpaired) electrons. The lowest BCUT2D eigenvalue weighted by Crippen LogP contribution is -2.10. The summed E-state index contributed by atoms with van der Waals surface area (Å²) in [6.45, 7) is 8.89. The van der Waals surface area contributed by atoms with Crippen LogP contribution in [0.3, 0.4) is 0 Å². The molecule has 0 rings (SSSR count). The van der Waals surface area contributed by atoms with Crippen LogP contribution < -0.4 is 5.73 Å². The molecular formula is C8H17N. The van der Waals surface area contributed by atoms with Gasteiger partial charge >= 0.3 is 0 Å². The highest BCUT2D eigenvalue weighted by Gasteiger charge is 2.04. The minimum absolute atomic E-state index is 0.645. The van der Waals surface area contributed by atoms with E-state index in [0.29, 0.717) is 12.5 Å². The second-order valence-electron chi connectivity index (χ2n) is 2.38. The van der Waals surface area contributed by atoms with E-state index in [-0.39, 0.29) is 0 Å². The molecule has 0 aromatic rings. The van der Waals surface area contributed by atoms with Crippen LogP contribution in [0, 0.1) is 5.92 Å². The lowest BCUT2D eigenvalue weighted by Gasteiger charge is -2.12. The molecule has 0 unspecified atom stereocenters. The van der Waals surface area contributed by atoms with Crippen LogP contribution in [-0.2, 0) is 0 Å². The molecule has 9 heavy (non-hydrogen) atoms. The van der Waals surface area contributed by atoms with Crippen molar-refractivity contribution >= 4 is 0 Å². The maximum absolute atomic E-state index is 5.42. The summed E-state index contributed by atoms with van der Waals surface area (Å²) < 4.78 is 0. The standard InChI is InChI=1S/C8H17N/c1-4-8(5-2)7(3)6-9/h8H,3-6,9H2,1-2H3. The van der Waals surface area contributed by atoms with E-state index in [1.807, 2.05) is 0 Å². The Morgan fingerprint density at radius 3 is 2.00 bits per heavy atom. The van der Waals surface area contributed by atoms with Crippen molar-refractivity contribution in [2.45, 2.75) is 26.7 Å². The fourth-order valence-corrected chi connectivity index (χ4v) is 1.03. The first-order valence-electron chi connectivity index (χ1n) is 3.63. The van der Waals surface area contributed by atoms with E-state index in [9.17, 15) is 0 Å². The zero-order valence-corrected chi connectivity index (χ0v) is 6.48. The zero-order chi connectivity index (χ0) is 7.28. The minimum Gasteiger partial charge on any atom is -0.327 e. The maximum atomic E-state index is 5.42. The number of nitrogens with two attached hydrogens (primary N) is 1. The quantitative estimate of drug-likeness (QED) is 0.574. The third kappa shape index (κ3) is 2.66. The van der Waals surface area contributed by atoms with Gasteiger partial charge in [0.25, 0.3) is 0 Å². The molecule has 2 N–H and O–H groups in total. The monoisotopic (exact) mass is 127 g/mol. The Balaban J connectivity index is 3.64. The molecule has 0 atom stereocenters. The molecule has 0 heterocycles. The van der Waals surface area contributed by atoms with Gasteiger partial charge in [-0.3, -0.25) is 0 Å². The topological polar surface area (TPSA) is 26.0 Å². The second kappa shape index (κ2) is 4.57. The van der Waals surface area contributed by atoms with Gasteiger partial charge in [0.15, 0.2) is 0 Å². The van der Waals surface area contributed by atoms with E-state index >= 15 is 0 Å². The highest BCUT2D eigenvalue weighted by atomic mass is 14.5. The molecule has 0 aliphatic rings. The first-order chi connectivity index (χ1) is 4.26. The van der Waals surface area contributed by atoms with E-state index in [4.69, 9.17) is 5.73 Å². The van der Waals surface area contributed by atoms with E-state index < -0.39 is 0 Å². The van der Waals surface area contributed by atoms with Gasteiger partial charge in [0.2, 0.25) is 0 Å². The molecule has 0 saturated heterocycles. The van der Waals surface area contributed by atoms with Gasteiger partial charge in [0.05, 0.1) is 0 Å². The normalized spacial score (nSPS) is 10.2. The van der Waals surface area contributed by atoms with E-state index in [2.05, 4.69) is 20.4 Å². The van der Waals surface area contributed by atoms with Crippen molar-refractivity contribution in [1.29, 1.82) is 0 Å². The molecule has 0 saturated carbocycles. The van der Waals surface area contributed by atoms with Crippen molar-refractivity contribution in [2.75, 3.05) is 6.54 Å². The van der Waals surface area contributed by atoms with E-state index in [1.54, 1.807) is 0 Å². The van der Waals surface area contributed by atoms with Gasteiger partial charge in [0, 0.05) is 6.54 Å². The van der Waals surface area contributed by atoms with Crippen molar-refractivity contribution in [2.24, 2.45) is 11.7 Å². The van der Waals surface area contributed by atoms with Crippen molar-refractivity contribution in [3.63, 3.8) is 0 Å². The van der Waals surface area contributed by atoms with Crippen molar-refractivity contribution in [3.8, 4) is 0 Å². The SMILES string of the molecule is C=C(CN)C(CC)CC. The summed E-state index contributed by atoms with van der Waals surface area (Å²) in [5.41, 5.74) is 6.62. The Bertz CT molecular complexity index is 82.6. The Hall–Kier alpha value is -0.300. The van der Waals surface area contributed by atoms with Crippen LogP contribution >= 0.6 is 0 Å². The largest absolute Gasteiger partial charge is 0.327 e. The fourth-order valence-electron chi connectivity index (χ4n) is 1.03. The maximum Gasteiger partial charge on any atom is 0.0136 e. The fraction of sp³-hybridized carbons (Fsp3) is 0.750. The lowest BCUT2D eigenvalue weighted by atomic mass is 9.95. The van der Waals surface area contributed by atoms with Crippen LogP contribution in [0.2, 0.25) is 0 Å². The highest BCUT2D eigenvalue weighted by molar-refractivity contribution is 5.00. The smallest absolute Gasteiger partial charge is 0.0136 e. The first-order valence-corrected chi connectivity index (χ1v) is 3.63. The molecule has 0 fully saturated rings. The van der Waals surface area contributed by atoms with Crippen LogP contribution in [0.25, 0.3) is 0 Å². The summed E-state index contributed by atoms with van der Waals surface area (Å²) in [5.74, 6) is 0.648. The molecular weight excluding hydrogens is 110 g/mol. The number of hydrogen-bond acceptors (Lipinski definition) is 1. The predicted molar refractivity (Wildman–Crippen MR) is 42.3 cm³/mol.